The monoisotopic (exact) mass is 479 g/mol. The first-order valence-electron chi connectivity index (χ1n) is 12.1. The number of carbonyl (C=O) groups is 1. The Morgan fingerprint density at radius 3 is 2.69 bits per heavy atom. The predicted octanol–water partition coefficient (Wildman–Crippen LogP) is 4.36. The first-order chi connectivity index (χ1) is 17.0. The molecule has 0 aliphatic carbocycles. The Bertz CT molecular complexity index is 1240. The maximum atomic E-state index is 14.0. The van der Waals surface area contributed by atoms with Crippen molar-refractivity contribution in [3.8, 4) is 17.2 Å². The van der Waals surface area contributed by atoms with Crippen LogP contribution in [-0.4, -0.2) is 55.7 Å². The third-order valence-corrected chi connectivity index (χ3v) is 6.60. The molecule has 0 atom stereocenters. The molecule has 7 nitrogen and oxygen atoms in total. The Morgan fingerprint density at radius 2 is 1.86 bits per heavy atom. The molecule has 2 aromatic carbocycles. The number of pyridine rings is 1. The van der Waals surface area contributed by atoms with Gasteiger partial charge in [0.2, 0.25) is 0 Å². The van der Waals surface area contributed by atoms with Gasteiger partial charge in [-0.2, -0.15) is 0 Å². The fourth-order valence-corrected chi connectivity index (χ4v) is 4.75. The lowest BCUT2D eigenvalue weighted by molar-refractivity contribution is -0.118. The van der Waals surface area contributed by atoms with Crippen LogP contribution in [0.25, 0.3) is 10.9 Å². The average Bonchev–Trinajstić information content (AvgIpc) is 2.85. The highest BCUT2D eigenvalue weighted by Gasteiger charge is 2.23. The summed E-state index contributed by atoms with van der Waals surface area (Å²) >= 11 is 0. The standard InChI is InChI=1S/C15H19FN2O2.C12H11NO2/c1-18-4-2-10(3-5-18)6-11-7-12(16)15-13(8-11)17-14(19)9-20-15;1-8-2-3-9-10(13-8)4-5-11-12(9)15-7-6-14-11/h7-8,10H,2-6,9H2,1H3,(H,17,19);2-5H,6-7H2,1H3. The molecule has 3 aliphatic rings. The van der Waals surface area contributed by atoms with Crippen molar-refractivity contribution in [1.29, 1.82) is 0 Å². The summed E-state index contributed by atoms with van der Waals surface area (Å²) < 4.78 is 30.2. The van der Waals surface area contributed by atoms with Crippen LogP contribution in [0.4, 0.5) is 10.1 Å². The smallest absolute Gasteiger partial charge is 0.262 e. The number of nitrogens with one attached hydrogen (secondary N) is 1. The van der Waals surface area contributed by atoms with E-state index in [1.54, 1.807) is 0 Å². The van der Waals surface area contributed by atoms with Gasteiger partial charge in [-0.3, -0.25) is 9.78 Å². The summed E-state index contributed by atoms with van der Waals surface area (Å²) in [4.78, 5) is 18.1. The zero-order chi connectivity index (χ0) is 24.4. The van der Waals surface area contributed by atoms with Gasteiger partial charge < -0.3 is 24.4 Å². The normalized spacial score (nSPS) is 17.6. The number of ether oxygens (including phenoxy) is 3. The van der Waals surface area contributed by atoms with Crippen LogP contribution in [-0.2, 0) is 11.2 Å². The number of aryl methyl sites for hydroxylation is 1. The SMILES string of the molecule is CN1CCC(Cc2cc(F)c3c(c2)NC(=O)CO3)CC1.Cc1ccc2c3c(ccc2n1)OCCO3. The first kappa shape index (κ1) is 23.4. The van der Waals surface area contributed by atoms with Gasteiger partial charge in [0.05, 0.1) is 11.2 Å². The third kappa shape index (κ3) is 5.32. The highest BCUT2D eigenvalue weighted by Crippen LogP contribution is 2.37. The summed E-state index contributed by atoms with van der Waals surface area (Å²) in [6, 6.07) is 11.3. The Morgan fingerprint density at radius 1 is 1.06 bits per heavy atom. The summed E-state index contributed by atoms with van der Waals surface area (Å²) in [5, 5.41) is 3.70. The zero-order valence-corrected chi connectivity index (χ0v) is 20.1. The summed E-state index contributed by atoms with van der Waals surface area (Å²) in [6.45, 7) is 5.29. The second-order valence-corrected chi connectivity index (χ2v) is 9.35. The van der Waals surface area contributed by atoms with E-state index in [0.29, 0.717) is 24.8 Å². The van der Waals surface area contributed by atoms with Crippen molar-refractivity contribution in [1.82, 2.24) is 9.88 Å². The number of hydrogen-bond acceptors (Lipinski definition) is 6. The molecule has 4 heterocycles. The number of fused-ring (bicyclic) bond motifs is 4. The number of halogens is 1. The summed E-state index contributed by atoms with van der Waals surface area (Å²) in [5.41, 5.74) is 3.37. The van der Waals surface area contributed by atoms with E-state index in [2.05, 4.69) is 22.2 Å². The number of aromatic nitrogens is 1. The molecule has 1 N–H and O–H groups in total. The molecule has 1 aromatic heterocycles. The van der Waals surface area contributed by atoms with E-state index in [-0.39, 0.29) is 24.1 Å². The minimum absolute atomic E-state index is 0.113. The minimum atomic E-state index is -0.384. The van der Waals surface area contributed by atoms with Crippen LogP contribution < -0.4 is 19.5 Å². The van der Waals surface area contributed by atoms with E-state index in [9.17, 15) is 9.18 Å². The van der Waals surface area contributed by atoms with E-state index in [0.717, 1.165) is 66.0 Å². The van der Waals surface area contributed by atoms with Gasteiger partial charge in [-0.15, -0.1) is 0 Å². The van der Waals surface area contributed by atoms with Crippen LogP contribution in [0.15, 0.2) is 36.4 Å². The molecule has 1 fully saturated rings. The molecule has 0 bridgehead atoms. The van der Waals surface area contributed by atoms with Crippen LogP contribution in [0.3, 0.4) is 0 Å². The number of benzene rings is 2. The molecule has 1 amide bonds. The molecule has 0 unspecified atom stereocenters. The third-order valence-electron chi connectivity index (χ3n) is 6.60. The molecule has 8 heteroatoms. The van der Waals surface area contributed by atoms with Crippen molar-refractivity contribution in [3.63, 3.8) is 0 Å². The number of rotatable bonds is 2. The number of piperidine rings is 1. The van der Waals surface area contributed by atoms with Crippen molar-refractivity contribution >= 4 is 22.5 Å². The van der Waals surface area contributed by atoms with E-state index >= 15 is 0 Å². The van der Waals surface area contributed by atoms with Crippen molar-refractivity contribution < 1.29 is 23.4 Å². The molecule has 35 heavy (non-hydrogen) atoms. The second kappa shape index (κ2) is 10.1. The molecule has 0 radical (unpaired) electrons. The van der Waals surface area contributed by atoms with E-state index in [1.807, 2.05) is 37.3 Å². The Hall–Kier alpha value is -3.39. The lowest BCUT2D eigenvalue weighted by Crippen LogP contribution is -2.31. The Labute approximate surface area is 204 Å². The number of nitrogens with zero attached hydrogens (tertiary/aromatic N) is 2. The number of likely N-dealkylation sites (tertiary alicyclic amines) is 1. The largest absolute Gasteiger partial charge is 0.486 e. The van der Waals surface area contributed by atoms with E-state index in [1.165, 1.54) is 6.07 Å². The fraction of sp³-hybridized carbons (Fsp3) is 0.407. The number of hydrogen-bond donors (Lipinski definition) is 1. The van der Waals surface area contributed by atoms with Gasteiger partial charge in [0.25, 0.3) is 5.91 Å². The van der Waals surface area contributed by atoms with Gasteiger partial charge >= 0.3 is 0 Å². The van der Waals surface area contributed by atoms with Gasteiger partial charge in [-0.1, -0.05) is 0 Å². The summed E-state index contributed by atoms with van der Waals surface area (Å²) in [5.74, 6) is 1.78. The van der Waals surface area contributed by atoms with Gasteiger partial charge in [0.1, 0.15) is 13.2 Å². The first-order valence-corrected chi connectivity index (χ1v) is 12.1. The molecular weight excluding hydrogens is 449 g/mol. The van der Waals surface area contributed by atoms with Crippen LogP contribution >= 0.6 is 0 Å². The summed E-state index contributed by atoms with van der Waals surface area (Å²) in [7, 11) is 2.13. The van der Waals surface area contributed by atoms with Gasteiger partial charge in [0, 0.05) is 11.1 Å². The summed E-state index contributed by atoms with van der Waals surface area (Å²) in [6.07, 6.45) is 3.13. The van der Waals surface area contributed by atoms with E-state index in [4.69, 9.17) is 14.2 Å². The maximum absolute atomic E-state index is 14.0. The fourth-order valence-electron chi connectivity index (χ4n) is 4.75. The van der Waals surface area contributed by atoms with Crippen LogP contribution in [0.2, 0.25) is 0 Å². The molecular formula is C27H30FN3O4. The van der Waals surface area contributed by atoms with Crippen molar-refractivity contribution in [2.75, 3.05) is 45.3 Å². The number of carbonyl (C=O) groups excluding carboxylic acids is 1. The van der Waals surface area contributed by atoms with Crippen molar-refractivity contribution in [2.24, 2.45) is 5.92 Å². The van der Waals surface area contributed by atoms with Crippen LogP contribution in [0.5, 0.6) is 17.2 Å². The van der Waals surface area contributed by atoms with Crippen LogP contribution in [0, 0.1) is 18.7 Å². The predicted molar refractivity (Wildman–Crippen MR) is 132 cm³/mol. The molecule has 184 valence electrons. The molecule has 1 saturated heterocycles. The highest BCUT2D eigenvalue weighted by molar-refractivity contribution is 5.95. The van der Waals surface area contributed by atoms with Gasteiger partial charge in [-0.25, -0.2) is 4.39 Å². The minimum Gasteiger partial charge on any atom is -0.486 e. The topological polar surface area (TPSA) is 72.9 Å². The van der Waals surface area contributed by atoms with Crippen molar-refractivity contribution in [3.05, 3.63) is 53.5 Å². The van der Waals surface area contributed by atoms with Gasteiger partial charge in [0.15, 0.2) is 29.7 Å². The Kier molecular flexibility index (Phi) is 6.72. The van der Waals surface area contributed by atoms with Gasteiger partial charge in [-0.05, 0) is 94.2 Å². The Balaban J connectivity index is 0.000000151. The molecule has 0 spiro atoms. The van der Waals surface area contributed by atoms with E-state index < -0.39 is 0 Å². The lowest BCUT2D eigenvalue weighted by Gasteiger charge is -2.29. The molecule has 6 rings (SSSR count). The van der Waals surface area contributed by atoms with Crippen molar-refractivity contribution in [2.45, 2.75) is 26.2 Å². The quantitative estimate of drug-likeness (QED) is 0.589. The average molecular weight is 480 g/mol. The molecule has 3 aliphatic heterocycles. The second-order valence-electron chi connectivity index (χ2n) is 9.35. The maximum Gasteiger partial charge on any atom is 0.262 e. The zero-order valence-electron chi connectivity index (χ0n) is 20.1. The lowest BCUT2D eigenvalue weighted by atomic mass is 9.90. The number of anilines is 1. The molecule has 3 aromatic rings. The van der Waals surface area contributed by atoms with Crippen LogP contribution in [0.1, 0.15) is 24.1 Å². The highest BCUT2D eigenvalue weighted by atomic mass is 19.1. The number of amides is 1. The molecule has 0 saturated carbocycles.